The molecule has 1 saturated heterocycles. The van der Waals surface area contributed by atoms with Crippen molar-refractivity contribution in [3.8, 4) is 0 Å². The predicted octanol–water partition coefficient (Wildman–Crippen LogP) is 4.61. The van der Waals surface area contributed by atoms with Gasteiger partial charge in [-0.3, -0.25) is 9.20 Å². The lowest BCUT2D eigenvalue weighted by atomic mass is 10.0. The maximum atomic E-state index is 13.4. The number of fused-ring (bicyclic) bond motifs is 1. The Morgan fingerprint density at radius 3 is 2.54 bits per heavy atom. The highest BCUT2D eigenvalue weighted by atomic mass is 35.5. The molecule has 7 nitrogen and oxygen atoms in total. The normalized spacial score (nSPS) is 17.3. The summed E-state index contributed by atoms with van der Waals surface area (Å²) in [5.41, 5.74) is 0.579. The first-order chi connectivity index (χ1) is 16.3. The average molecular weight is 521 g/mol. The van der Waals surface area contributed by atoms with Crippen molar-refractivity contribution in [1.29, 1.82) is 0 Å². The van der Waals surface area contributed by atoms with E-state index in [9.17, 15) is 17.6 Å². The van der Waals surface area contributed by atoms with Crippen molar-refractivity contribution in [1.82, 2.24) is 14.3 Å². The van der Waals surface area contributed by atoms with Crippen LogP contribution in [0.2, 0.25) is 5.02 Å². The van der Waals surface area contributed by atoms with Crippen LogP contribution >= 0.6 is 11.6 Å². The molecule has 188 valence electrons. The van der Waals surface area contributed by atoms with Crippen molar-refractivity contribution in [2.24, 2.45) is 5.41 Å². The fourth-order valence-corrected chi connectivity index (χ4v) is 6.74. The molecule has 3 aromatic rings. The minimum atomic E-state index is -3.52. The molecule has 0 N–H and O–H groups in total. The zero-order valence-electron chi connectivity index (χ0n) is 20.5. The summed E-state index contributed by atoms with van der Waals surface area (Å²) < 4.78 is 41.8. The molecule has 1 aliphatic rings. The van der Waals surface area contributed by atoms with Gasteiger partial charge in [0.15, 0.2) is 9.84 Å². The van der Waals surface area contributed by atoms with Crippen LogP contribution in [0.25, 0.3) is 5.52 Å². The number of benzene rings is 1. The van der Waals surface area contributed by atoms with Crippen LogP contribution in [-0.2, 0) is 9.84 Å². The van der Waals surface area contributed by atoms with Crippen molar-refractivity contribution >= 4 is 38.7 Å². The zero-order chi connectivity index (χ0) is 25.7. The quantitative estimate of drug-likeness (QED) is 0.502. The molecule has 1 amide bonds. The Balaban J connectivity index is 1.67. The predicted molar refractivity (Wildman–Crippen MR) is 136 cm³/mol. The maximum Gasteiger partial charge on any atom is 0.255 e. The van der Waals surface area contributed by atoms with E-state index in [1.54, 1.807) is 23.2 Å². The molecule has 1 aromatic carbocycles. The second kappa shape index (κ2) is 9.09. The fraction of sp³-hybridized carbons (Fsp3) is 0.440. The van der Waals surface area contributed by atoms with Crippen LogP contribution in [0.15, 0.2) is 41.4 Å². The lowest BCUT2D eigenvalue weighted by Gasteiger charge is -2.41. The van der Waals surface area contributed by atoms with Crippen LogP contribution in [0, 0.1) is 18.2 Å². The minimum Gasteiger partial charge on any atom is -0.351 e. The molecule has 0 unspecified atom stereocenters. The first-order valence-corrected chi connectivity index (χ1v) is 13.5. The summed E-state index contributed by atoms with van der Waals surface area (Å²) in [5.74, 6) is 0.750. The zero-order valence-corrected chi connectivity index (χ0v) is 22.1. The fourth-order valence-electron chi connectivity index (χ4n) is 4.60. The number of pyridine rings is 1. The van der Waals surface area contributed by atoms with Gasteiger partial charge >= 0.3 is 0 Å². The number of rotatable bonds is 4. The number of anilines is 1. The van der Waals surface area contributed by atoms with E-state index in [0.717, 1.165) is 17.7 Å². The molecule has 10 heteroatoms. The van der Waals surface area contributed by atoms with Gasteiger partial charge in [0.25, 0.3) is 5.91 Å². The Hall–Kier alpha value is -2.65. The molecule has 35 heavy (non-hydrogen) atoms. The number of carbonyl (C=O) groups is 1. The van der Waals surface area contributed by atoms with Crippen LogP contribution in [0.1, 0.15) is 43.9 Å². The number of amides is 1. The molecule has 0 radical (unpaired) electrons. The molecule has 3 heterocycles. The van der Waals surface area contributed by atoms with E-state index in [2.05, 4.69) is 9.88 Å². The molecule has 1 fully saturated rings. The Morgan fingerprint density at radius 1 is 1.20 bits per heavy atom. The molecule has 2 aromatic heterocycles. The van der Waals surface area contributed by atoms with Gasteiger partial charge < -0.3 is 9.80 Å². The third-order valence-electron chi connectivity index (χ3n) is 6.11. The van der Waals surface area contributed by atoms with E-state index >= 15 is 0 Å². The molecule has 0 saturated carbocycles. The molecule has 0 spiro atoms. The van der Waals surface area contributed by atoms with E-state index < -0.39 is 15.7 Å². The van der Waals surface area contributed by atoms with Gasteiger partial charge in [0.05, 0.1) is 32.9 Å². The van der Waals surface area contributed by atoms with Gasteiger partial charge in [-0.1, -0.05) is 32.4 Å². The number of carbonyl (C=O) groups excluding carboxylic acids is 1. The second-order valence-corrected chi connectivity index (χ2v) is 12.7. The van der Waals surface area contributed by atoms with Crippen molar-refractivity contribution in [2.75, 3.05) is 30.3 Å². The van der Waals surface area contributed by atoms with Crippen molar-refractivity contribution in [3.05, 3.63) is 58.8 Å². The monoisotopic (exact) mass is 520 g/mol. The Kier molecular flexibility index (Phi) is 6.61. The number of piperazine rings is 1. The highest BCUT2D eigenvalue weighted by Gasteiger charge is 2.31. The average Bonchev–Trinajstić information content (AvgIpc) is 3.12. The number of aromatic nitrogens is 2. The standard InChI is InChI=1S/C25H30ClFN4O3S/c1-16-14-29(24(32)21-7-6-18(27)10-22(21)26)8-9-30(16)23-12-20(35(33,34)15-25(3,4)5)11-19-13-28-17(2)31(19)23/h6-7,10-13,16H,8-9,14-15H2,1-5H3/t16-/m0/s1. The summed E-state index contributed by atoms with van der Waals surface area (Å²) in [5, 5.41) is 0.0811. The number of nitrogens with zero attached hydrogens (tertiary/aromatic N) is 4. The molecule has 4 rings (SSSR count). The second-order valence-electron chi connectivity index (χ2n) is 10.4. The van der Waals surface area contributed by atoms with E-state index in [4.69, 9.17) is 11.6 Å². The summed E-state index contributed by atoms with van der Waals surface area (Å²) in [4.78, 5) is 21.5. The number of halogens is 2. The van der Waals surface area contributed by atoms with Crippen LogP contribution < -0.4 is 4.90 Å². The van der Waals surface area contributed by atoms with E-state index in [-0.39, 0.29) is 38.6 Å². The Labute approximate surface area is 210 Å². The largest absolute Gasteiger partial charge is 0.351 e. The van der Waals surface area contributed by atoms with E-state index in [0.29, 0.717) is 25.2 Å². The highest BCUT2D eigenvalue weighted by Crippen LogP contribution is 2.31. The van der Waals surface area contributed by atoms with Gasteiger partial charge in [0.2, 0.25) is 0 Å². The smallest absolute Gasteiger partial charge is 0.255 e. The number of hydrogen-bond donors (Lipinski definition) is 0. The lowest BCUT2D eigenvalue weighted by molar-refractivity contribution is 0.0726. The highest BCUT2D eigenvalue weighted by molar-refractivity contribution is 7.91. The minimum absolute atomic E-state index is 0.0268. The third kappa shape index (κ3) is 5.16. The van der Waals surface area contributed by atoms with Crippen LogP contribution in [-0.4, -0.2) is 60.0 Å². The molecular weight excluding hydrogens is 491 g/mol. The van der Waals surface area contributed by atoms with Gasteiger partial charge in [-0.05, 0) is 49.6 Å². The van der Waals surface area contributed by atoms with Crippen molar-refractivity contribution < 1.29 is 17.6 Å². The van der Waals surface area contributed by atoms with Gasteiger partial charge in [0, 0.05) is 25.7 Å². The number of aryl methyl sites for hydroxylation is 1. The SMILES string of the molecule is Cc1ncc2cc(S(=O)(=O)CC(C)(C)C)cc(N3CCN(C(=O)c4ccc(F)cc4Cl)C[C@@H]3C)n12. The van der Waals surface area contributed by atoms with Gasteiger partial charge in [-0.15, -0.1) is 0 Å². The summed E-state index contributed by atoms with van der Waals surface area (Å²) in [7, 11) is -3.52. The van der Waals surface area contributed by atoms with E-state index in [1.165, 1.54) is 12.1 Å². The molecular formula is C25H30ClFN4O3S. The Morgan fingerprint density at radius 2 is 1.91 bits per heavy atom. The third-order valence-corrected chi connectivity index (χ3v) is 8.62. The first-order valence-electron chi connectivity index (χ1n) is 11.5. The molecule has 0 bridgehead atoms. The summed E-state index contributed by atoms with van der Waals surface area (Å²) >= 11 is 6.12. The molecule has 0 aliphatic carbocycles. The van der Waals surface area contributed by atoms with Crippen LogP contribution in [0.3, 0.4) is 0 Å². The first kappa shape index (κ1) is 25.4. The van der Waals surface area contributed by atoms with Crippen molar-refractivity contribution in [2.45, 2.75) is 45.6 Å². The van der Waals surface area contributed by atoms with Gasteiger partial charge in [-0.2, -0.15) is 0 Å². The summed E-state index contributed by atoms with van der Waals surface area (Å²) in [6.07, 6.45) is 1.68. The summed E-state index contributed by atoms with van der Waals surface area (Å²) in [6.45, 7) is 10.9. The number of imidazole rings is 1. The number of hydrogen-bond acceptors (Lipinski definition) is 5. The van der Waals surface area contributed by atoms with Crippen LogP contribution in [0.5, 0.6) is 0 Å². The van der Waals surface area contributed by atoms with Crippen molar-refractivity contribution in [3.63, 3.8) is 0 Å². The number of sulfone groups is 1. The van der Waals surface area contributed by atoms with E-state index in [1.807, 2.05) is 39.0 Å². The summed E-state index contributed by atoms with van der Waals surface area (Å²) in [6, 6.07) is 7.03. The maximum absolute atomic E-state index is 13.4. The van der Waals surface area contributed by atoms with Gasteiger partial charge in [0.1, 0.15) is 17.5 Å². The van der Waals surface area contributed by atoms with Gasteiger partial charge in [-0.25, -0.2) is 17.8 Å². The van der Waals surface area contributed by atoms with Crippen LogP contribution in [0.4, 0.5) is 10.2 Å². The lowest BCUT2D eigenvalue weighted by Crippen LogP contribution is -2.54. The molecule has 1 aliphatic heterocycles. The Bertz CT molecular complexity index is 1400. The molecule has 1 atom stereocenters. The topological polar surface area (TPSA) is 75.0 Å².